The van der Waals surface area contributed by atoms with Crippen molar-refractivity contribution in [2.24, 2.45) is 29.6 Å². The van der Waals surface area contributed by atoms with Crippen LogP contribution < -0.4 is 4.74 Å². The second kappa shape index (κ2) is 9.78. The zero-order chi connectivity index (χ0) is 27.4. The summed E-state index contributed by atoms with van der Waals surface area (Å²) < 4.78 is 69.5. The zero-order valence-electron chi connectivity index (χ0n) is 21.1. The van der Waals surface area contributed by atoms with Gasteiger partial charge in [-0.25, -0.2) is 17.6 Å². The van der Waals surface area contributed by atoms with Gasteiger partial charge in [-0.15, -0.1) is 0 Å². The highest BCUT2D eigenvalue weighted by molar-refractivity contribution is 7.85. The standard InChI is InChI=1S/C26H31FO10S/c1-13(2)26(7-3-4-8-26)37-18-11-14(5-6-17(18)27)23(28)35-21-15-12-16-20(25(30)36-22(16)21)19(15)24(29)34-9-10-38(31,32)33/h5-6,11,13,15-16,19-22H,3-4,7-10,12H2,1-2H3,(H,31,32,33)/p-1. The van der Waals surface area contributed by atoms with Crippen LogP contribution in [-0.4, -0.2) is 61.0 Å². The number of benzene rings is 1. The van der Waals surface area contributed by atoms with Gasteiger partial charge in [-0.3, -0.25) is 9.59 Å². The van der Waals surface area contributed by atoms with Gasteiger partial charge < -0.3 is 23.5 Å². The molecule has 5 rings (SSSR count). The molecule has 12 heteroatoms. The van der Waals surface area contributed by atoms with Gasteiger partial charge in [0.15, 0.2) is 11.6 Å². The Labute approximate surface area is 219 Å². The van der Waals surface area contributed by atoms with Gasteiger partial charge in [0.25, 0.3) is 0 Å². The molecule has 4 fully saturated rings. The van der Waals surface area contributed by atoms with Crippen molar-refractivity contribution in [2.45, 2.75) is 63.8 Å². The molecule has 3 aliphatic carbocycles. The molecule has 38 heavy (non-hydrogen) atoms. The van der Waals surface area contributed by atoms with Crippen LogP contribution in [0, 0.1) is 35.4 Å². The van der Waals surface area contributed by atoms with Gasteiger partial charge in [-0.1, -0.05) is 13.8 Å². The Balaban J connectivity index is 1.31. The molecule has 0 N–H and O–H groups in total. The van der Waals surface area contributed by atoms with Gasteiger partial charge >= 0.3 is 17.9 Å². The van der Waals surface area contributed by atoms with Crippen LogP contribution in [0.15, 0.2) is 18.2 Å². The first-order chi connectivity index (χ1) is 17.9. The van der Waals surface area contributed by atoms with Crippen LogP contribution in [-0.2, 0) is 33.9 Å². The summed E-state index contributed by atoms with van der Waals surface area (Å²) in [7, 11) is -4.58. The number of hydrogen-bond donors (Lipinski definition) is 0. The predicted octanol–water partition coefficient (Wildman–Crippen LogP) is 2.59. The lowest BCUT2D eigenvalue weighted by Crippen LogP contribution is -2.44. The van der Waals surface area contributed by atoms with Crippen LogP contribution in [0.1, 0.15) is 56.3 Å². The normalized spacial score (nSPS) is 30.9. The Morgan fingerprint density at radius 2 is 1.92 bits per heavy atom. The molecule has 0 aromatic heterocycles. The van der Waals surface area contributed by atoms with Crippen LogP contribution >= 0.6 is 0 Å². The third kappa shape index (κ3) is 4.76. The van der Waals surface area contributed by atoms with Gasteiger partial charge in [0.1, 0.15) is 24.4 Å². The Morgan fingerprint density at radius 1 is 1.21 bits per heavy atom. The molecule has 1 saturated heterocycles. The van der Waals surface area contributed by atoms with Crippen molar-refractivity contribution in [1.82, 2.24) is 0 Å². The number of fused-ring (bicyclic) bond motifs is 1. The summed E-state index contributed by atoms with van der Waals surface area (Å²) in [6, 6.07) is 3.74. The minimum Gasteiger partial charge on any atom is -0.748 e. The van der Waals surface area contributed by atoms with E-state index in [1.807, 2.05) is 13.8 Å². The highest BCUT2D eigenvalue weighted by atomic mass is 32.2. The van der Waals surface area contributed by atoms with Crippen LogP contribution in [0.25, 0.3) is 0 Å². The summed E-state index contributed by atoms with van der Waals surface area (Å²) >= 11 is 0. The van der Waals surface area contributed by atoms with Crippen molar-refractivity contribution in [1.29, 1.82) is 0 Å². The Bertz CT molecular complexity index is 1240. The van der Waals surface area contributed by atoms with E-state index >= 15 is 0 Å². The van der Waals surface area contributed by atoms with Crippen molar-refractivity contribution < 1.29 is 50.7 Å². The number of carbonyl (C=O) groups excluding carboxylic acids is 3. The first-order valence-corrected chi connectivity index (χ1v) is 14.5. The molecule has 208 valence electrons. The molecule has 1 aliphatic heterocycles. The van der Waals surface area contributed by atoms with Crippen molar-refractivity contribution in [3.05, 3.63) is 29.6 Å². The third-order valence-electron chi connectivity index (χ3n) is 8.62. The molecule has 3 saturated carbocycles. The summed E-state index contributed by atoms with van der Waals surface area (Å²) in [5.74, 6) is -6.29. The topological polar surface area (TPSA) is 145 Å². The Kier molecular flexibility index (Phi) is 6.91. The van der Waals surface area contributed by atoms with E-state index in [-0.39, 0.29) is 23.1 Å². The van der Waals surface area contributed by atoms with Crippen LogP contribution in [0.3, 0.4) is 0 Å². The van der Waals surface area contributed by atoms with E-state index in [2.05, 4.69) is 0 Å². The molecule has 0 amide bonds. The number of carbonyl (C=O) groups is 3. The molecule has 2 bridgehead atoms. The zero-order valence-corrected chi connectivity index (χ0v) is 21.9. The highest BCUT2D eigenvalue weighted by Crippen LogP contribution is 2.59. The molecule has 4 aliphatic rings. The van der Waals surface area contributed by atoms with Gasteiger partial charge in [0.05, 0.1) is 33.3 Å². The highest BCUT2D eigenvalue weighted by Gasteiger charge is 2.70. The van der Waals surface area contributed by atoms with Crippen LogP contribution in [0.4, 0.5) is 4.39 Å². The van der Waals surface area contributed by atoms with E-state index in [0.717, 1.165) is 31.7 Å². The van der Waals surface area contributed by atoms with E-state index in [1.165, 1.54) is 12.1 Å². The molecule has 1 aromatic rings. The molecule has 6 atom stereocenters. The lowest BCUT2D eigenvalue weighted by molar-refractivity contribution is -0.155. The Morgan fingerprint density at radius 3 is 2.58 bits per heavy atom. The number of ether oxygens (including phenoxy) is 4. The number of hydrogen-bond acceptors (Lipinski definition) is 10. The molecule has 10 nitrogen and oxygen atoms in total. The average Bonchev–Trinajstić information content (AvgIpc) is 3.58. The van der Waals surface area contributed by atoms with E-state index in [0.29, 0.717) is 6.42 Å². The van der Waals surface area contributed by atoms with Gasteiger partial charge in [0, 0.05) is 11.8 Å². The maximum absolute atomic E-state index is 14.7. The average molecular weight is 554 g/mol. The van der Waals surface area contributed by atoms with Crippen molar-refractivity contribution in [3.8, 4) is 5.75 Å². The molecule has 6 unspecified atom stereocenters. The van der Waals surface area contributed by atoms with Crippen LogP contribution in [0.5, 0.6) is 5.75 Å². The lowest BCUT2D eigenvalue weighted by atomic mass is 9.78. The Hall–Kier alpha value is -2.73. The number of halogens is 1. The smallest absolute Gasteiger partial charge is 0.338 e. The summed E-state index contributed by atoms with van der Waals surface area (Å²) in [5.41, 5.74) is -0.457. The van der Waals surface area contributed by atoms with E-state index in [4.69, 9.17) is 18.9 Å². The molecule has 1 aromatic carbocycles. The van der Waals surface area contributed by atoms with Crippen molar-refractivity contribution >= 4 is 28.0 Å². The van der Waals surface area contributed by atoms with Gasteiger partial charge in [0.2, 0.25) is 0 Å². The fraction of sp³-hybridized carbons (Fsp3) is 0.654. The van der Waals surface area contributed by atoms with Crippen molar-refractivity contribution in [2.75, 3.05) is 12.4 Å². The second-order valence-electron chi connectivity index (χ2n) is 11.0. The van der Waals surface area contributed by atoms with Crippen molar-refractivity contribution in [3.63, 3.8) is 0 Å². The minimum absolute atomic E-state index is 0.0369. The number of rotatable bonds is 9. The lowest BCUT2D eigenvalue weighted by Gasteiger charge is -2.34. The summed E-state index contributed by atoms with van der Waals surface area (Å²) in [6.07, 6.45) is 2.26. The number of esters is 3. The monoisotopic (exact) mass is 553 g/mol. The first-order valence-electron chi connectivity index (χ1n) is 12.9. The quantitative estimate of drug-likeness (QED) is 0.254. The molecule has 0 spiro atoms. The van der Waals surface area contributed by atoms with Crippen LogP contribution in [0.2, 0.25) is 0 Å². The van der Waals surface area contributed by atoms with E-state index in [9.17, 15) is 31.7 Å². The van der Waals surface area contributed by atoms with Gasteiger partial charge in [-0.2, -0.15) is 0 Å². The predicted molar refractivity (Wildman–Crippen MR) is 126 cm³/mol. The maximum Gasteiger partial charge on any atom is 0.338 e. The molecule has 0 radical (unpaired) electrons. The molecule has 1 heterocycles. The third-order valence-corrected chi connectivity index (χ3v) is 9.29. The molecular weight excluding hydrogens is 523 g/mol. The summed E-state index contributed by atoms with van der Waals surface area (Å²) in [4.78, 5) is 38.4. The molecular formula is C26H30FO10S-. The first kappa shape index (κ1) is 26.9. The van der Waals surface area contributed by atoms with Gasteiger partial charge in [-0.05, 0) is 56.2 Å². The second-order valence-corrected chi connectivity index (χ2v) is 12.5. The minimum atomic E-state index is -4.58. The maximum atomic E-state index is 14.7. The van der Waals surface area contributed by atoms with E-state index < -0.39 is 81.8 Å². The summed E-state index contributed by atoms with van der Waals surface area (Å²) in [5, 5.41) is 0. The SMILES string of the molecule is CC(C)C1(Oc2cc(C(=O)OC3C4CC5C3OC(=O)C5C4C(=O)OCCS(=O)(=O)[O-])ccc2F)CCCC1. The van der Waals surface area contributed by atoms with E-state index in [1.54, 1.807) is 0 Å². The largest absolute Gasteiger partial charge is 0.748 e. The summed E-state index contributed by atoms with van der Waals surface area (Å²) in [6.45, 7) is 3.41. The fourth-order valence-corrected chi connectivity index (χ4v) is 6.99. The fourth-order valence-electron chi connectivity index (χ4n) is 6.70.